The van der Waals surface area contributed by atoms with E-state index in [4.69, 9.17) is 0 Å². The van der Waals surface area contributed by atoms with E-state index in [0.29, 0.717) is 11.3 Å². The predicted octanol–water partition coefficient (Wildman–Crippen LogP) is 5.61. The third kappa shape index (κ3) is 5.31. The van der Waals surface area contributed by atoms with E-state index in [0.717, 1.165) is 31.0 Å². The molecule has 2 nitrogen and oxygen atoms in total. The van der Waals surface area contributed by atoms with Gasteiger partial charge in [0, 0.05) is 24.7 Å². The zero-order valence-electron chi connectivity index (χ0n) is 16.9. The zero-order chi connectivity index (χ0) is 20.8. The molecule has 1 aliphatic rings. The molecule has 1 aliphatic heterocycles. The van der Waals surface area contributed by atoms with Crippen molar-refractivity contribution in [2.75, 3.05) is 13.1 Å². The lowest BCUT2D eigenvalue weighted by Crippen LogP contribution is -2.18. The number of likely N-dealkylation sites (tertiary alicyclic amines) is 1. The van der Waals surface area contributed by atoms with E-state index in [9.17, 15) is 8.78 Å². The van der Waals surface area contributed by atoms with E-state index in [1.807, 2.05) is 6.07 Å². The Morgan fingerprint density at radius 2 is 1.57 bits per heavy atom. The van der Waals surface area contributed by atoms with Crippen LogP contribution in [0.1, 0.15) is 36.1 Å². The number of benzene rings is 2. The average Bonchev–Trinajstić information content (AvgIpc) is 3.28. The average molecular weight is 402 g/mol. The van der Waals surface area contributed by atoms with Crippen molar-refractivity contribution in [1.29, 1.82) is 0 Å². The van der Waals surface area contributed by atoms with Crippen LogP contribution in [0.5, 0.6) is 0 Å². The second kappa shape index (κ2) is 9.65. The van der Waals surface area contributed by atoms with Crippen LogP contribution in [-0.2, 0) is 13.0 Å². The van der Waals surface area contributed by atoms with Gasteiger partial charge in [0.2, 0.25) is 0 Å². The Morgan fingerprint density at radius 1 is 0.833 bits per heavy atom. The van der Waals surface area contributed by atoms with Crippen LogP contribution in [0.15, 0.2) is 60.8 Å². The summed E-state index contributed by atoms with van der Waals surface area (Å²) >= 11 is 0. The molecule has 152 valence electrons. The van der Waals surface area contributed by atoms with Gasteiger partial charge in [-0.3, -0.25) is 4.90 Å². The van der Waals surface area contributed by atoms with Crippen molar-refractivity contribution in [3.63, 3.8) is 0 Å². The molecule has 0 aliphatic carbocycles. The van der Waals surface area contributed by atoms with Crippen molar-refractivity contribution in [3.8, 4) is 23.0 Å². The second-order valence-corrected chi connectivity index (χ2v) is 7.66. The number of halogens is 2. The van der Waals surface area contributed by atoms with Gasteiger partial charge < -0.3 is 0 Å². The molecule has 0 amide bonds. The molecule has 4 rings (SSSR count). The summed E-state index contributed by atoms with van der Waals surface area (Å²) in [5, 5.41) is 0. The molecular weight excluding hydrogens is 378 g/mol. The first kappa shape index (κ1) is 20.3. The molecule has 0 saturated carbocycles. The molecule has 0 bridgehead atoms. The lowest BCUT2D eigenvalue weighted by molar-refractivity contribution is 0.331. The second-order valence-electron chi connectivity index (χ2n) is 7.66. The van der Waals surface area contributed by atoms with E-state index in [2.05, 4.69) is 46.0 Å². The van der Waals surface area contributed by atoms with Gasteiger partial charge in [-0.2, -0.15) is 0 Å². The van der Waals surface area contributed by atoms with Gasteiger partial charge in [-0.15, -0.1) is 0 Å². The summed E-state index contributed by atoms with van der Waals surface area (Å²) in [6, 6.07) is 16.3. The highest BCUT2D eigenvalue weighted by atomic mass is 19.2. The maximum atomic E-state index is 13.4. The van der Waals surface area contributed by atoms with Gasteiger partial charge in [0.25, 0.3) is 0 Å². The molecule has 1 aromatic heterocycles. The van der Waals surface area contributed by atoms with Crippen LogP contribution in [0.2, 0.25) is 0 Å². The summed E-state index contributed by atoms with van der Waals surface area (Å²) in [6.45, 7) is 3.48. The number of nitrogens with zero attached hydrogens (tertiary/aromatic N) is 2. The maximum Gasteiger partial charge on any atom is 0.159 e. The van der Waals surface area contributed by atoms with E-state index in [1.165, 1.54) is 49.2 Å². The fourth-order valence-corrected chi connectivity index (χ4v) is 3.68. The Labute approximate surface area is 176 Å². The summed E-state index contributed by atoms with van der Waals surface area (Å²) in [5.74, 6) is 4.53. The summed E-state index contributed by atoms with van der Waals surface area (Å²) in [7, 11) is 0. The van der Waals surface area contributed by atoms with Crippen LogP contribution in [-0.4, -0.2) is 23.0 Å². The molecule has 2 heterocycles. The summed E-state index contributed by atoms with van der Waals surface area (Å²) in [6.07, 6.45) is 5.94. The quantitative estimate of drug-likeness (QED) is 0.516. The Balaban J connectivity index is 1.29. The molecule has 0 N–H and O–H groups in total. The van der Waals surface area contributed by atoms with Gasteiger partial charge in [0.05, 0.1) is 0 Å². The number of aryl methyl sites for hydroxylation is 1. The Bertz CT molecular complexity index is 1040. The van der Waals surface area contributed by atoms with Crippen molar-refractivity contribution in [2.24, 2.45) is 0 Å². The minimum atomic E-state index is -0.861. The number of hydrogen-bond donors (Lipinski definition) is 0. The monoisotopic (exact) mass is 402 g/mol. The van der Waals surface area contributed by atoms with E-state index >= 15 is 0 Å². The Morgan fingerprint density at radius 3 is 2.27 bits per heavy atom. The normalized spacial score (nSPS) is 13.8. The molecule has 1 saturated heterocycles. The fourth-order valence-electron chi connectivity index (χ4n) is 3.68. The molecule has 0 spiro atoms. The van der Waals surface area contributed by atoms with Crippen LogP contribution in [0.25, 0.3) is 11.1 Å². The van der Waals surface area contributed by atoms with Gasteiger partial charge in [0.15, 0.2) is 11.6 Å². The molecule has 1 fully saturated rings. The standard InChI is InChI=1S/C26H24F2N2/c27-25-14-12-22(17-26(25)28)23-11-13-24(29-18-23)6-2-1-5-20-7-9-21(10-8-20)19-30-15-3-4-16-30/h7-14,17-18H,1,3-5,15-16,19H2. The molecule has 2 aromatic carbocycles. The molecular formula is C26H24F2N2. The first-order valence-corrected chi connectivity index (χ1v) is 10.4. The first-order chi connectivity index (χ1) is 14.7. The van der Waals surface area contributed by atoms with E-state index in [1.54, 1.807) is 12.3 Å². The van der Waals surface area contributed by atoms with Gasteiger partial charge in [-0.1, -0.05) is 42.3 Å². The zero-order valence-corrected chi connectivity index (χ0v) is 16.9. The first-order valence-electron chi connectivity index (χ1n) is 10.4. The lowest BCUT2D eigenvalue weighted by Gasteiger charge is -2.14. The number of pyridine rings is 1. The summed E-state index contributed by atoms with van der Waals surface area (Å²) in [5.41, 5.74) is 4.65. The van der Waals surface area contributed by atoms with Gasteiger partial charge >= 0.3 is 0 Å². The summed E-state index contributed by atoms with van der Waals surface area (Å²) in [4.78, 5) is 6.82. The van der Waals surface area contributed by atoms with Gasteiger partial charge in [0.1, 0.15) is 5.69 Å². The third-order valence-corrected chi connectivity index (χ3v) is 5.40. The van der Waals surface area contributed by atoms with Crippen molar-refractivity contribution >= 4 is 0 Å². The van der Waals surface area contributed by atoms with E-state index in [-0.39, 0.29) is 0 Å². The number of aromatic nitrogens is 1. The number of rotatable bonds is 5. The minimum absolute atomic E-state index is 0.592. The molecule has 0 unspecified atom stereocenters. The Hall–Kier alpha value is -3.03. The van der Waals surface area contributed by atoms with Crippen LogP contribution in [0, 0.1) is 23.5 Å². The molecule has 30 heavy (non-hydrogen) atoms. The van der Waals surface area contributed by atoms with Crippen LogP contribution >= 0.6 is 0 Å². The van der Waals surface area contributed by atoms with E-state index < -0.39 is 11.6 Å². The van der Waals surface area contributed by atoms with Crippen molar-refractivity contribution in [1.82, 2.24) is 9.88 Å². The molecule has 0 atom stereocenters. The lowest BCUT2D eigenvalue weighted by atomic mass is 10.1. The molecule has 4 heteroatoms. The van der Waals surface area contributed by atoms with Crippen LogP contribution in [0.4, 0.5) is 8.78 Å². The van der Waals surface area contributed by atoms with Crippen molar-refractivity contribution in [3.05, 3.63) is 89.2 Å². The third-order valence-electron chi connectivity index (χ3n) is 5.40. The largest absolute Gasteiger partial charge is 0.299 e. The maximum absolute atomic E-state index is 13.4. The highest BCUT2D eigenvalue weighted by molar-refractivity contribution is 5.62. The van der Waals surface area contributed by atoms with Crippen molar-refractivity contribution < 1.29 is 8.78 Å². The minimum Gasteiger partial charge on any atom is -0.299 e. The predicted molar refractivity (Wildman–Crippen MR) is 116 cm³/mol. The fraction of sp³-hybridized carbons (Fsp3) is 0.269. The molecule has 3 aromatic rings. The number of hydrogen-bond acceptors (Lipinski definition) is 2. The molecule has 0 radical (unpaired) electrons. The van der Waals surface area contributed by atoms with Gasteiger partial charge in [-0.05, 0) is 73.2 Å². The van der Waals surface area contributed by atoms with Crippen LogP contribution in [0.3, 0.4) is 0 Å². The SMILES string of the molecule is Fc1ccc(-c2ccc(C#CCCc3ccc(CN4CCCC4)cc3)nc2)cc1F. The van der Waals surface area contributed by atoms with Crippen molar-refractivity contribution in [2.45, 2.75) is 32.2 Å². The smallest absolute Gasteiger partial charge is 0.159 e. The highest BCUT2D eigenvalue weighted by Crippen LogP contribution is 2.21. The summed E-state index contributed by atoms with van der Waals surface area (Å²) < 4.78 is 26.4. The highest BCUT2D eigenvalue weighted by Gasteiger charge is 2.11. The van der Waals surface area contributed by atoms with Crippen LogP contribution < -0.4 is 0 Å². The van der Waals surface area contributed by atoms with Gasteiger partial charge in [-0.25, -0.2) is 13.8 Å². The topological polar surface area (TPSA) is 16.1 Å². The Kier molecular flexibility index (Phi) is 6.51.